The molecule has 0 radical (unpaired) electrons. The van der Waals surface area contributed by atoms with Crippen molar-refractivity contribution in [2.75, 3.05) is 13.2 Å². The van der Waals surface area contributed by atoms with Crippen LogP contribution in [0.5, 0.6) is 0 Å². The molecule has 34 heavy (non-hydrogen) atoms. The van der Waals surface area contributed by atoms with Gasteiger partial charge in [-0.25, -0.2) is 22.8 Å². The van der Waals surface area contributed by atoms with Crippen LogP contribution < -0.4 is 0 Å². The second kappa shape index (κ2) is 10.9. The van der Waals surface area contributed by atoms with E-state index in [4.69, 9.17) is 9.47 Å². The van der Waals surface area contributed by atoms with Gasteiger partial charge in [-0.3, -0.25) is 9.59 Å². The fourth-order valence-corrected chi connectivity index (χ4v) is 2.78. The zero-order valence-electron chi connectivity index (χ0n) is 20.4. The highest BCUT2D eigenvalue weighted by Gasteiger charge is 2.44. The summed E-state index contributed by atoms with van der Waals surface area (Å²) in [5.41, 5.74) is -6.58. The van der Waals surface area contributed by atoms with Gasteiger partial charge in [-0.15, -0.1) is 0 Å². The maximum Gasteiger partial charge on any atom is 0.342 e. The summed E-state index contributed by atoms with van der Waals surface area (Å²) >= 11 is 0. The Kier molecular flexibility index (Phi) is 9.25. The third-order valence-corrected chi connectivity index (χ3v) is 3.89. The minimum absolute atomic E-state index is 0.302. The summed E-state index contributed by atoms with van der Waals surface area (Å²) in [6.45, 7) is 10.7. The predicted octanol–water partition coefficient (Wildman–Crippen LogP) is 4.22. The second-order valence-electron chi connectivity index (χ2n) is 9.05. The number of hydrogen-bond donors (Lipinski definition) is 0. The van der Waals surface area contributed by atoms with Gasteiger partial charge in [-0.2, -0.15) is 0 Å². The predicted molar refractivity (Wildman–Crippen MR) is 113 cm³/mol. The van der Waals surface area contributed by atoms with Crippen molar-refractivity contribution in [3.63, 3.8) is 0 Å². The number of benzene rings is 1. The van der Waals surface area contributed by atoms with Gasteiger partial charge in [0, 0.05) is 0 Å². The molecule has 11 heteroatoms. The molecule has 0 bridgehead atoms. The number of carbonyl (C=O) groups excluding carboxylic acids is 4. The number of halogens is 3. The molecule has 0 fully saturated rings. The quantitative estimate of drug-likeness (QED) is 0.242. The Morgan fingerprint density at radius 2 is 1.03 bits per heavy atom. The number of carbonyl (C=O) groups is 4. The largest absolute Gasteiger partial charge is 0.462 e. The van der Waals surface area contributed by atoms with Gasteiger partial charge >= 0.3 is 23.9 Å². The van der Waals surface area contributed by atoms with Gasteiger partial charge in [0.15, 0.2) is 17.6 Å². The molecule has 190 valence electrons. The van der Waals surface area contributed by atoms with E-state index in [1.165, 1.54) is 55.4 Å². The standard InChI is InChI=1S/C23H29F3O8/c1-9-31-18(27)12-13(19(28)32-10-2)17(26)16(25)11(15(12)24)14(20(29)33-22(3,4)5)21(30)34-23(6,7)8/h14H,9-10H2,1-8H3. The molecule has 0 aliphatic rings. The van der Waals surface area contributed by atoms with Crippen molar-refractivity contribution in [3.05, 3.63) is 34.1 Å². The molecule has 1 rings (SSSR count). The van der Waals surface area contributed by atoms with Crippen molar-refractivity contribution in [1.82, 2.24) is 0 Å². The van der Waals surface area contributed by atoms with Gasteiger partial charge in [0.1, 0.15) is 28.1 Å². The van der Waals surface area contributed by atoms with Crippen LogP contribution in [0.2, 0.25) is 0 Å². The molecule has 0 aliphatic heterocycles. The smallest absolute Gasteiger partial charge is 0.342 e. The first kappa shape index (κ1) is 28.9. The summed E-state index contributed by atoms with van der Waals surface area (Å²) in [6.07, 6.45) is 0. The Bertz CT molecular complexity index is 946. The van der Waals surface area contributed by atoms with Crippen molar-refractivity contribution in [1.29, 1.82) is 0 Å². The number of esters is 4. The summed E-state index contributed by atoms with van der Waals surface area (Å²) in [4.78, 5) is 50.4. The lowest BCUT2D eigenvalue weighted by Gasteiger charge is -2.27. The highest BCUT2D eigenvalue weighted by Crippen LogP contribution is 2.34. The number of rotatable bonds is 7. The lowest BCUT2D eigenvalue weighted by molar-refractivity contribution is -0.169. The second-order valence-corrected chi connectivity index (χ2v) is 9.05. The molecule has 0 aliphatic carbocycles. The Morgan fingerprint density at radius 1 is 0.676 bits per heavy atom. The summed E-state index contributed by atoms with van der Waals surface area (Å²) < 4.78 is 65.4. The lowest BCUT2D eigenvalue weighted by atomic mass is 9.91. The van der Waals surface area contributed by atoms with E-state index in [9.17, 15) is 19.2 Å². The molecule has 8 nitrogen and oxygen atoms in total. The molecule has 0 saturated heterocycles. The molecule has 0 amide bonds. The Balaban J connectivity index is 4.01. The topological polar surface area (TPSA) is 105 Å². The average molecular weight is 490 g/mol. The fourth-order valence-electron chi connectivity index (χ4n) is 2.78. The van der Waals surface area contributed by atoms with E-state index < -0.39 is 75.1 Å². The van der Waals surface area contributed by atoms with Crippen LogP contribution in [0.15, 0.2) is 0 Å². The maximum atomic E-state index is 15.7. The molecular formula is C23H29F3O8. The van der Waals surface area contributed by atoms with E-state index in [0.29, 0.717) is 0 Å². The van der Waals surface area contributed by atoms with Gasteiger partial charge in [-0.1, -0.05) is 0 Å². The lowest BCUT2D eigenvalue weighted by Crippen LogP contribution is -2.37. The first-order valence-electron chi connectivity index (χ1n) is 10.5. The van der Waals surface area contributed by atoms with Crippen molar-refractivity contribution in [2.24, 2.45) is 0 Å². The first-order valence-corrected chi connectivity index (χ1v) is 10.5. The third kappa shape index (κ3) is 6.94. The van der Waals surface area contributed by atoms with Gasteiger partial charge in [-0.05, 0) is 55.4 Å². The molecule has 0 spiro atoms. The SMILES string of the molecule is CCOC(=O)c1c(F)c(F)c(C(C(=O)OC(C)(C)C)C(=O)OC(C)(C)C)c(F)c1C(=O)OCC. The van der Waals surface area contributed by atoms with Crippen LogP contribution in [-0.2, 0) is 28.5 Å². The van der Waals surface area contributed by atoms with Crippen molar-refractivity contribution in [3.8, 4) is 0 Å². The van der Waals surface area contributed by atoms with E-state index in [1.54, 1.807) is 0 Å². The summed E-state index contributed by atoms with van der Waals surface area (Å²) in [7, 11) is 0. The summed E-state index contributed by atoms with van der Waals surface area (Å²) in [6, 6.07) is 0. The van der Waals surface area contributed by atoms with Crippen LogP contribution in [0.25, 0.3) is 0 Å². The van der Waals surface area contributed by atoms with Crippen LogP contribution in [0.4, 0.5) is 13.2 Å². The Labute approximate surface area is 195 Å². The molecule has 0 N–H and O–H groups in total. The molecule has 0 unspecified atom stereocenters. The fraction of sp³-hybridized carbons (Fsp3) is 0.565. The normalized spacial score (nSPS) is 11.8. The van der Waals surface area contributed by atoms with Crippen molar-refractivity contribution >= 4 is 23.9 Å². The van der Waals surface area contributed by atoms with Crippen molar-refractivity contribution < 1.29 is 51.3 Å². The van der Waals surface area contributed by atoms with Gasteiger partial charge in [0.05, 0.1) is 18.8 Å². The Hall–Kier alpha value is -3.11. The number of ether oxygens (including phenoxy) is 4. The highest BCUT2D eigenvalue weighted by atomic mass is 19.2. The molecule has 0 aromatic heterocycles. The highest BCUT2D eigenvalue weighted by molar-refractivity contribution is 6.06. The van der Waals surface area contributed by atoms with Crippen LogP contribution in [-0.4, -0.2) is 48.3 Å². The minimum atomic E-state index is -2.46. The van der Waals surface area contributed by atoms with E-state index >= 15 is 13.2 Å². The minimum Gasteiger partial charge on any atom is -0.462 e. The third-order valence-electron chi connectivity index (χ3n) is 3.89. The zero-order chi connectivity index (χ0) is 26.6. The van der Waals surface area contributed by atoms with E-state index in [-0.39, 0.29) is 13.2 Å². The number of hydrogen-bond acceptors (Lipinski definition) is 8. The molecule has 0 atom stereocenters. The summed E-state index contributed by atoms with van der Waals surface area (Å²) in [5.74, 6) is -14.4. The monoisotopic (exact) mass is 490 g/mol. The van der Waals surface area contributed by atoms with Crippen LogP contribution >= 0.6 is 0 Å². The summed E-state index contributed by atoms with van der Waals surface area (Å²) in [5, 5.41) is 0. The molecule has 1 aromatic carbocycles. The average Bonchev–Trinajstić information content (AvgIpc) is 2.64. The van der Waals surface area contributed by atoms with Crippen molar-refractivity contribution in [2.45, 2.75) is 72.5 Å². The van der Waals surface area contributed by atoms with E-state index in [2.05, 4.69) is 9.47 Å². The first-order chi connectivity index (χ1) is 15.5. The maximum absolute atomic E-state index is 15.7. The van der Waals surface area contributed by atoms with Gasteiger partial charge in [0.2, 0.25) is 0 Å². The Morgan fingerprint density at radius 3 is 1.35 bits per heavy atom. The molecule has 0 heterocycles. The van der Waals surface area contributed by atoms with Crippen LogP contribution in [0.3, 0.4) is 0 Å². The zero-order valence-corrected chi connectivity index (χ0v) is 20.4. The van der Waals surface area contributed by atoms with Gasteiger partial charge < -0.3 is 18.9 Å². The molecule has 0 saturated carbocycles. The molecular weight excluding hydrogens is 461 g/mol. The van der Waals surface area contributed by atoms with Gasteiger partial charge in [0.25, 0.3) is 0 Å². The molecule has 1 aromatic rings. The van der Waals surface area contributed by atoms with Crippen LogP contribution in [0, 0.1) is 17.5 Å². The van der Waals surface area contributed by atoms with Crippen LogP contribution in [0.1, 0.15) is 87.6 Å². The van der Waals surface area contributed by atoms with E-state index in [0.717, 1.165) is 0 Å². The van der Waals surface area contributed by atoms with E-state index in [1.807, 2.05) is 0 Å².